The highest BCUT2D eigenvalue weighted by Crippen LogP contribution is 2.29. The Morgan fingerprint density at radius 1 is 1.12 bits per heavy atom. The Labute approximate surface area is 194 Å². The van der Waals surface area contributed by atoms with Crippen molar-refractivity contribution < 1.29 is 35.2 Å². The van der Waals surface area contributed by atoms with Crippen molar-refractivity contribution in [1.82, 2.24) is 10.3 Å². The van der Waals surface area contributed by atoms with E-state index in [-0.39, 0.29) is 17.8 Å². The van der Waals surface area contributed by atoms with Gasteiger partial charge in [0.25, 0.3) is 0 Å². The molecule has 6 nitrogen and oxygen atoms in total. The quantitative estimate of drug-likeness (QED) is 0.276. The van der Waals surface area contributed by atoms with Crippen LogP contribution in [0.4, 0.5) is 27.6 Å². The summed E-state index contributed by atoms with van der Waals surface area (Å²) in [5.41, 5.74) is -1.24. The highest BCUT2D eigenvalue weighted by molar-refractivity contribution is 7.92. The first-order valence-electron chi connectivity index (χ1n) is 10.3. The van der Waals surface area contributed by atoms with Crippen molar-refractivity contribution in [1.29, 1.82) is 0 Å². The zero-order valence-corrected chi connectivity index (χ0v) is 19.3. The Kier molecular flexibility index (Phi) is 9.14. The highest BCUT2D eigenvalue weighted by Gasteiger charge is 2.32. The first kappa shape index (κ1) is 27.2. The lowest BCUT2D eigenvalue weighted by atomic mass is 10.1. The Hall–Kier alpha value is -3.02. The fraction of sp³-hybridized carbons (Fsp3) is 0.364. The van der Waals surface area contributed by atoms with E-state index in [1.54, 1.807) is 4.72 Å². The molecule has 0 radical (unpaired) electrons. The number of aromatic nitrogens is 1. The number of carbonyl (C=O) groups is 1. The van der Waals surface area contributed by atoms with Crippen LogP contribution in [0, 0.1) is 11.6 Å². The normalized spacial score (nSPS) is 12.2. The number of sulfonamides is 1. The second kappa shape index (κ2) is 11.4. The highest BCUT2D eigenvalue weighted by atomic mass is 32.2. The molecule has 34 heavy (non-hydrogen) atoms. The number of rotatable bonds is 10. The number of hydrogen-bond donors (Lipinski definition) is 2. The Balaban J connectivity index is 2.11. The smallest absolute Gasteiger partial charge is 0.348 e. The lowest BCUT2D eigenvalue weighted by Crippen LogP contribution is -2.21. The minimum atomic E-state index is -4.59. The third-order valence-electron chi connectivity index (χ3n) is 4.59. The molecule has 0 atom stereocenters. The maximum atomic E-state index is 14.0. The molecule has 0 saturated carbocycles. The molecule has 0 bridgehead atoms. The Morgan fingerprint density at radius 3 is 2.32 bits per heavy atom. The molecule has 0 spiro atoms. The fourth-order valence-corrected chi connectivity index (χ4v) is 3.55. The molecule has 0 unspecified atom stereocenters. The van der Waals surface area contributed by atoms with Gasteiger partial charge in [-0.05, 0) is 48.2 Å². The van der Waals surface area contributed by atoms with E-state index >= 15 is 0 Å². The summed E-state index contributed by atoms with van der Waals surface area (Å²) in [5, 5.41) is 2.40. The van der Waals surface area contributed by atoms with E-state index in [4.69, 9.17) is 0 Å². The van der Waals surface area contributed by atoms with Crippen molar-refractivity contribution in [3.05, 3.63) is 64.5 Å². The second-order valence-corrected chi connectivity index (χ2v) is 9.30. The van der Waals surface area contributed by atoms with Crippen molar-refractivity contribution in [2.75, 3.05) is 11.0 Å². The molecule has 12 heteroatoms. The SMILES string of the molecule is CCCCCc1nc(C(F)(F)F)ccc1/C=C\C(=O)NCc1cc(F)c(NS(C)(=O)=O)c(F)c1. The number of amides is 1. The van der Waals surface area contributed by atoms with Crippen molar-refractivity contribution in [3.8, 4) is 0 Å². The van der Waals surface area contributed by atoms with E-state index in [9.17, 15) is 35.2 Å². The number of alkyl halides is 3. The number of nitrogens with zero attached hydrogens (tertiary/aromatic N) is 1. The molecule has 1 heterocycles. The fourth-order valence-electron chi connectivity index (χ4n) is 2.99. The average Bonchev–Trinajstić information content (AvgIpc) is 2.72. The van der Waals surface area contributed by atoms with E-state index in [0.717, 1.165) is 43.4 Å². The lowest BCUT2D eigenvalue weighted by molar-refractivity contribution is -0.141. The van der Waals surface area contributed by atoms with Gasteiger partial charge in [-0.15, -0.1) is 0 Å². The zero-order valence-electron chi connectivity index (χ0n) is 18.5. The standard InChI is InChI=1S/C22H24F5N3O3S/c1-3-4-5-6-18-15(7-9-19(29-18)22(25,26)27)8-10-20(31)28-13-14-11-16(23)21(17(24)12-14)30-34(2,32)33/h7-12,30H,3-6,13H2,1-2H3,(H,28,31)/b10-8-. The molecule has 1 aromatic heterocycles. The summed E-state index contributed by atoms with van der Waals surface area (Å²) in [7, 11) is -3.89. The van der Waals surface area contributed by atoms with Crippen LogP contribution in [-0.2, 0) is 34.0 Å². The van der Waals surface area contributed by atoms with Gasteiger partial charge in [-0.25, -0.2) is 22.2 Å². The first-order valence-corrected chi connectivity index (χ1v) is 12.2. The molecule has 0 aliphatic rings. The average molecular weight is 506 g/mol. The van der Waals surface area contributed by atoms with Crippen molar-refractivity contribution in [2.24, 2.45) is 0 Å². The largest absolute Gasteiger partial charge is 0.433 e. The summed E-state index contributed by atoms with van der Waals surface area (Å²) in [5.74, 6) is -2.96. The maximum Gasteiger partial charge on any atom is 0.433 e. The number of hydrogen-bond acceptors (Lipinski definition) is 4. The number of unbranched alkanes of at least 4 members (excludes halogenated alkanes) is 2. The van der Waals surface area contributed by atoms with E-state index < -0.39 is 45.1 Å². The van der Waals surface area contributed by atoms with Crippen molar-refractivity contribution in [3.63, 3.8) is 0 Å². The van der Waals surface area contributed by atoms with Crippen molar-refractivity contribution in [2.45, 2.75) is 45.3 Å². The van der Waals surface area contributed by atoms with Crippen LogP contribution in [0.15, 0.2) is 30.3 Å². The van der Waals surface area contributed by atoms with Gasteiger partial charge in [-0.2, -0.15) is 13.2 Å². The molecule has 0 aliphatic carbocycles. The van der Waals surface area contributed by atoms with Gasteiger partial charge in [0.1, 0.15) is 11.4 Å². The summed E-state index contributed by atoms with van der Waals surface area (Å²) >= 11 is 0. The van der Waals surface area contributed by atoms with Crippen molar-refractivity contribution >= 4 is 27.7 Å². The summed E-state index contributed by atoms with van der Waals surface area (Å²) in [6.45, 7) is 1.68. The number of carbonyl (C=O) groups excluding carboxylic acids is 1. The van der Waals surface area contributed by atoms with E-state index in [1.165, 1.54) is 12.1 Å². The van der Waals surface area contributed by atoms with Gasteiger partial charge in [0.2, 0.25) is 15.9 Å². The number of nitrogens with one attached hydrogen (secondary N) is 2. The predicted molar refractivity (Wildman–Crippen MR) is 118 cm³/mol. The van der Waals surface area contributed by atoms with Crippen LogP contribution in [0.25, 0.3) is 6.08 Å². The van der Waals surface area contributed by atoms with Crippen LogP contribution in [0.5, 0.6) is 0 Å². The molecule has 186 valence electrons. The molecule has 2 aromatic rings. The van der Waals surface area contributed by atoms with Gasteiger partial charge in [-0.1, -0.05) is 25.8 Å². The van der Waals surface area contributed by atoms with Gasteiger partial charge < -0.3 is 5.32 Å². The third kappa shape index (κ3) is 8.40. The minimum absolute atomic E-state index is 0.0345. The summed E-state index contributed by atoms with van der Waals surface area (Å²) in [6, 6.07) is 3.80. The number of anilines is 1. The maximum absolute atomic E-state index is 14.0. The molecular weight excluding hydrogens is 481 g/mol. The number of pyridine rings is 1. The second-order valence-electron chi connectivity index (χ2n) is 7.55. The Morgan fingerprint density at radius 2 is 1.76 bits per heavy atom. The van der Waals surface area contributed by atoms with Crippen LogP contribution in [0.2, 0.25) is 0 Å². The van der Waals surface area contributed by atoms with Crippen LogP contribution in [0.1, 0.15) is 48.7 Å². The van der Waals surface area contributed by atoms with Gasteiger partial charge >= 0.3 is 6.18 Å². The summed E-state index contributed by atoms with van der Waals surface area (Å²) < 4.78 is 91.2. The molecule has 0 saturated heterocycles. The van der Waals surface area contributed by atoms with Gasteiger partial charge in [-0.3, -0.25) is 9.52 Å². The molecule has 1 aromatic carbocycles. The molecule has 1 amide bonds. The summed E-state index contributed by atoms with van der Waals surface area (Å²) in [6.07, 6.45) is 1.20. The Bertz CT molecular complexity index is 1140. The first-order chi connectivity index (χ1) is 15.8. The summed E-state index contributed by atoms with van der Waals surface area (Å²) in [4.78, 5) is 15.8. The molecule has 2 N–H and O–H groups in total. The lowest BCUT2D eigenvalue weighted by Gasteiger charge is -2.11. The van der Waals surface area contributed by atoms with Crippen LogP contribution >= 0.6 is 0 Å². The number of benzene rings is 1. The van der Waals surface area contributed by atoms with Crippen LogP contribution in [0.3, 0.4) is 0 Å². The zero-order chi connectivity index (χ0) is 25.5. The topological polar surface area (TPSA) is 88.2 Å². The monoisotopic (exact) mass is 505 g/mol. The van der Waals surface area contributed by atoms with Gasteiger partial charge in [0, 0.05) is 18.3 Å². The number of halogens is 5. The third-order valence-corrected chi connectivity index (χ3v) is 5.16. The van der Waals surface area contributed by atoms with E-state index in [2.05, 4.69) is 10.3 Å². The van der Waals surface area contributed by atoms with Crippen LogP contribution in [-0.4, -0.2) is 25.6 Å². The molecule has 2 rings (SSSR count). The molecular formula is C22H24F5N3O3S. The van der Waals surface area contributed by atoms with Gasteiger partial charge in [0.05, 0.1) is 6.26 Å². The van der Waals surface area contributed by atoms with Gasteiger partial charge in [0.15, 0.2) is 11.6 Å². The van der Waals surface area contributed by atoms with E-state index in [0.29, 0.717) is 18.4 Å². The molecule has 0 fully saturated rings. The predicted octanol–water partition coefficient (Wildman–Crippen LogP) is 4.81. The number of aryl methyl sites for hydroxylation is 1. The minimum Gasteiger partial charge on any atom is -0.348 e. The van der Waals surface area contributed by atoms with E-state index in [1.807, 2.05) is 6.92 Å². The molecule has 0 aliphatic heterocycles. The van der Waals surface area contributed by atoms with Crippen LogP contribution < -0.4 is 10.0 Å².